The minimum absolute atomic E-state index is 0.0830. The molecule has 1 aliphatic heterocycles. The first-order valence-corrected chi connectivity index (χ1v) is 13.0. The summed E-state index contributed by atoms with van der Waals surface area (Å²) in [5.41, 5.74) is -2.17. The average Bonchev–Trinajstić information content (AvgIpc) is 3.64. The summed E-state index contributed by atoms with van der Waals surface area (Å²) in [5, 5.41) is 0. The first kappa shape index (κ1) is 23.4. The molecule has 1 amide bonds. The molecule has 2 saturated carbocycles. The van der Waals surface area contributed by atoms with E-state index >= 15 is 4.39 Å². The lowest BCUT2D eigenvalue weighted by Crippen LogP contribution is -2.61. The number of rotatable bonds is 7. The van der Waals surface area contributed by atoms with Crippen molar-refractivity contribution in [2.24, 2.45) is 5.92 Å². The fraction of sp³-hybridized carbons (Fsp3) is 0.480. The third-order valence-electron chi connectivity index (χ3n) is 7.67. The Bertz CT molecular complexity index is 1240. The van der Waals surface area contributed by atoms with E-state index in [1.165, 1.54) is 23.1 Å². The Morgan fingerprint density at radius 1 is 1.12 bits per heavy atom. The molecule has 0 aromatic heterocycles. The topological polar surface area (TPSA) is 66.5 Å². The number of hydrogen-bond acceptors (Lipinski definition) is 3. The van der Waals surface area contributed by atoms with Crippen LogP contribution < -0.4 is 4.72 Å². The molecule has 34 heavy (non-hydrogen) atoms. The van der Waals surface area contributed by atoms with Gasteiger partial charge in [-0.25, -0.2) is 26.3 Å². The Morgan fingerprint density at radius 2 is 1.76 bits per heavy atom. The number of amides is 1. The summed E-state index contributed by atoms with van der Waals surface area (Å²) in [5.74, 6) is -2.97. The third-order valence-corrected chi connectivity index (χ3v) is 10.1. The fourth-order valence-electron chi connectivity index (χ4n) is 4.95. The Kier molecular flexibility index (Phi) is 5.37. The predicted molar refractivity (Wildman–Crippen MR) is 122 cm³/mol. The van der Waals surface area contributed by atoms with Crippen molar-refractivity contribution >= 4 is 15.9 Å². The van der Waals surface area contributed by atoms with Gasteiger partial charge >= 0.3 is 0 Å². The zero-order valence-electron chi connectivity index (χ0n) is 19.0. The van der Waals surface area contributed by atoms with Crippen molar-refractivity contribution in [2.75, 3.05) is 6.54 Å². The summed E-state index contributed by atoms with van der Waals surface area (Å²) in [7, 11) is -3.50. The summed E-state index contributed by atoms with van der Waals surface area (Å²) >= 11 is 0. The van der Waals surface area contributed by atoms with Gasteiger partial charge < -0.3 is 4.90 Å². The summed E-state index contributed by atoms with van der Waals surface area (Å²) in [6.45, 7) is 3.84. The molecule has 0 spiro atoms. The molecule has 2 aliphatic carbocycles. The van der Waals surface area contributed by atoms with Gasteiger partial charge in [0.05, 0.1) is 16.2 Å². The molecule has 182 valence electrons. The number of halogens is 3. The van der Waals surface area contributed by atoms with Crippen LogP contribution in [0.2, 0.25) is 0 Å². The summed E-state index contributed by atoms with van der Waals surface area (Å²) in [6.07, 6.45) is 1.75. The molecular formula is C25H27F3N2O3S. The number of carbonyl (C=O) groups is 1. The van der Waals surface area contributed by atoms with Crippen LogP contribution in [0.3, 0.4) is 0 Å². The molecule has 1 heterocycles. The molecule has 5 nitrogen and oxygen atoms in total. The van der Waals surface area contributed by atoms with Crippen molar-refractivity contribution in [1.29, 1.82) is 0 Å². The van der Waals surface area contributed by atoms with Crippen LogP contribution in [0, 0.1) is 17.6 Å². The lowest BCUT2D eigenvalue weighted by atomic mass is 9.92. The molecule has 0 radical (unpaired) electrons. The standard InChI is InChI=1S/C25H27F3N2O3S/c1-15(29-34(32,33)24(2)11-12-24)21-10-13-30(21)23(31)18-14-25(18,28)17-7-4-3-6-16(17)22-19(26)8-5-9-20(22)27/h3-9,15,18,21,29H,10-14H2,1-2H3/t15-,18-,21-,25+/m0/s1. The minimum Gasteiger partial charge on any atom is -0.338 e. The predicted octanol–water partition coefficient (Wildman–Crippen LogP) is 4.28. The van der Waals surface area contributed by atoms with Crippen LogP contribution in [0.15, 0.2) is 42.5 Å². The van der Waals surface area contributed by atoms with Gasteiger partial charge in [0, 0.05) is 25.0 Å². The number of likely N-dealkylation sites (tertiary alicyclic amines) is 1. The van der Waals surface area contributed by atoms with Gasteiger partial charge in [0.2, 0.25) is 15.9 Å². The molecular weight excluding hydrogens is 465 g/mol. The smallest absolute Gasteiger partial charge is 0.229 e. The van der Waals surface area contributed by atoms with E-state index in [9.17, 15) is 22.0 Å². The monoisotopic (exact) mass is 492 g/mol. The molecule has 4 atom stereocenters. The Morgan fingerprint density at radius 3 is 2.35 bits per heavy atom. The average molecular weight is 493 g/mol. The Labute approximate surface area is 197 Å². The van der Waals surface area contributed by atoms with E-state index in [-0.39, 0.29) is 29.2 Å². The molecule has 0 bridgehead atoms. The number of nitrogens with one attached hydrogen (secondary N) is 1. The highest BCUT2D eigenvalue weighted by atomic mass is 32.2. The lowest BCUT2D eigenvalue weighted by Gasteiger charge is -2.45. The van der Waals surface area contributed by atoms with Gasteiger partial charge in [-0.3, -0.25) is 4.79 Å². The molecule has 9 heteroatoms. The molecule has 2 aromatic rings. The molecule has 3 fully saturated rings. The number of hydrogen-bond donors (Lipinski definition) is 1. The Balaban J connectivity index is 1.35. The van der Waals surface area contributed by atoms with Gasteiger partial charge in [0.1, 0.15) is 17.3 Å². The van der Waals surface area contributed by atoms with Crippen LogP contribution in [0.4, 0.5) is 13.2 Å². The van der Waals surface area contributed by atoms with Crippen LogP contribution in [0.5, 0.6) is 0 Å². The second kappa shape index (κ2) is 7.81. The number of sulfonamides is 1. The zero-order valence-corrected chi connectivity index (χ0v) is 19.8. The van der Waals surface area contributed by atoms with Crippen LogP contribution in [-0.4, -0.2) is 42.6 Å². The Hall–Kier alpha value is -2.39. The van der Waals surface area contributed by atoms with Crippen molar-refractivity contribution in [3.05, 3.63) is 59.7 Å². The highest BCUT2D eigenvalue weighted by molar-refractivity contribution is 7.91. The van der Waals surface area contributed by atoms with E-state index < -0.39 is 49.9 Å². The van der Waals surface area contributed by atoms with Gasteiger partial charge in [0.15, 0.2) is 0 Å². The van der Waals surface area contributed by atoms with Gasteiger partial charge in [-0.05, 0) is 56.4 Å². The molecule has 1 N–H and O–H groups in total. The number of benzene rings is 2. The summed E-state index contributed by atoms with van der Waals surface area (Å²) in [4.78, 5) is 14.7. The second-order valence-electron chi connectivity index (χ2n) is 10.0. The maximum atomic E-state index is 16.0. The quantitative estimate of drug-likeness (QED) is 0.628. The van der Waals surface area contributed by atoms with E-state index in [4.69, 9.17) is 0 Å². The molecule has 0 unspecified atom stereocenters. The third kappa shape index (κ3) is 3.64. The molecule has 3 aliphatic rings. The fourth-order valence-corrected chi connectivity index (χ4v) is 6.52. The largest absolute Gasteiger partial charge is 0.338 e. The molecule has 5 rings (SSSR count). The van der Waals surface area contributed by atoms with Crippen LogP contribution >= 0.6 is 0 Å². The zero-order chi connectivity index (χ0) is 24.5. The van der Waals surface area contributed by atoms with Crippen molar-refractivity contribution in [3.63, 3.8) is 0 Å². The summed E-state index contributed by atoms with van der Waals surface area (Å²) in [6, 6.07) is 8.72. The summed E-state index contributed by atoms with van der Waals surface area (Å²) < 4.78 is 72.0. The first-order valence-electron chi connectivity index (χ1n) is 11.5. The van der Waals surface area contributed by atoms with E-state index in [1.807, 2.05) is 0 Å². The van der Waals surface area contributed by atoms with E-state index in [0.29, 0.717) is 25.8 Å². The van der Waals surface area contributed by atoms with Crippen LogP contribution in [-0.2, 0) is 20.5 Å². The lowest BCUT2D eigenvalue weighted by molar-refractivity contribution is -0.142. The normalized spacial score (nSPS) is 28.2. The highest BCUT2D eigenvalue weighted by Crippen LogP contribution is 2.59. The van der Waals surface area contributed by atoms with Crippen molar-refractivity contribution < 1.29 is 26.4 Å². The van der Waals surface area contributed by atoms with Crippen molar-refractivity contribution in [2.45, 2.75) is 62.0 Å². The highest BCUT2D eigenvalue weighted by Gasteiger charge is 2.64. The van der Waals surface area contributed by atoms with Gasteiger partial charge in [-0.2, -0.15) is 0 Å². The maximum Gasteiger partial charge on any atom is 0.229 e. The SMILES string of the molecule is C[C@H](NS(=O)(=O)C1(C)CC1)[C@@H]1CCN1C(=O)[C@@H]1C[C@@]1(F)c1ccccc1-c1c(F)cccc1F. The van der Waals surface area contributed by atoms with Crippen molar-refractivity contribution in [1.82, 2.24) is 9.62 Å². The van der Waals surface area contributed by atoms with Crippen LogP contribution in [0.1, 0.15) is 45.1 Å². The van der Waals surface area contributed by atoms with Crippen molar-refractivity contribution in [3.8, 4) is 11.1 Å². The first-order chi connectivity index (χ1) is 16.0. The van der Waals surface area contributed by atoms with Crippen LogP contribution in [0.25, 0.3) is 11.1 Å². The van der Waals surface area contributed by atoms with Gasteiger partial charge in [0.25, 0.3) is 0 Å². The van der Waals surface area contributed by atoms with E-state index in [2.05, 4.69) is 4.72 Å². The van der Waals surface area contributed by atoms with E-state index in [0.717, 1.165) is 12.1 Å². The molecule has 1 saturated heterocycles. The van der Waals surface area contributed by atoms with E-state index in [1.54, 1.807) is 26.0 Å². The maximum absolute atomic E-state index is 16.0. The number of nitrogens with zero attached hydrogens (tertiary/aromatic N) is 1. The minimum atomic E-state index is -3.50. The van der Waals surface area contributed by atoms with Gasteiger partial charge in [-0.15, -0.1) is 0 Å². The molecule has 2 aromatic carbocycles. The second-order valence-corrected chi connectivity index (χ2v) is 12.2. The number of alkyl halides is 1. The van der Waals surface area contributed by atoms with Gasteiger partial charge in [-0.1, -0.05) is 30.3 Å². The number of carbonyl (C=O) groups excluding carboxylic acids is 1.